The van der Waals surface area contributed by atoms with Crippen molar-refractivity contribution in [2.24, 2.45) is 0 Å². The number of nitrogens with one attached hydrogen (secondary N) is 1. The third-order valence-corrected chi connectivity index (χ3v) is 4.03. The Balaban J connectivity index is 2.22. The molecule has 3 rings (SSSR count). The Labute approximate surface area is 125 Å². The number of nitro groups is 1. The van der Waals surface area contributed by atoms with Gasteiger partial charge in [0.25, 0.3) is 5.69 Å². The summed E-state index contributed by atoms with van der Waals surface area (Å²) in [6, 6.07) is 2.90. The van der Waals surface area contributed by atoms with Crippen molar-refractivity contribution in [1.82, 2.24) is 14.5 Å². The van der Waals surface area contributed by atoms with Crippen LogP contribution in [0.5, 0.6) is 0 Å². The summed E-state index contributed by atoms with van der Waals surface area (Å²) in [5.74, 6) is 0. The third-order valence-electron chi connectivity index (χ3n) is 4.03. The van der Waals surface area contributed by atoms with Crippen molar-refractivity contribution >= 4 is 16.7 Å². The molecule has 0 aliphatic carbocycles. The van der Waals surface area contributed by atoms with Gasteiger partial charge in [0.05, 0.1) is 22.6 Å². The predicted octanol–water partition coefficient (Wildman–Crippen LogP) is 0.960. The second-order valence-corrected chi connectivity index (χ2v) is 5.57. The lowest BCUT2D eigenvalue weighted by atomic mass is 10.1. The van der Waals surface area contributed by atoms with E-state index in [1.165, 1.54) is 10.6 Å². The summed E-state index contributed by atoms with van der Waals surface area (Å²) in [5, 5.41) is 11.0. The molecule has 0 bridgehead atoms. The van der Waals surface area contributed by atoms with E-state index in [1.807, 2.05) is 0 Å². The molecule has 1 saturated heterocycles. The van der Waals surface area contributed by atoms with Gasteiger partial charge in [0, 0.05) is 11.6 Å². The predicted molar refractivity (Wildman–Crippen MR) is 81.0 cm³/mol. The number of aromatic nitrogens is 2. The Kier molecular flexibility index (Phi) is 3.53. The molecule has 1 aliphatic rings. The minimum Gasteiger partial charge on any atom is -0.316 e. The second-order valence-electron chi connectivity index (χ2n) is 5.57. The lowest BCUT2D eigenvalue weighted by Gasteiger charge is -2.18. The van der Waals surface area contributed by atoms with Gasteiger partial charge in [-0.2, -0.15) is 0 Å². The van der Waals surface area contributed by atoms with Gasteiger partial charge in [0.15, 0.2) is 0 Å². The molecule has 0 radical (unpaired) electrons. The van der Waals surface area contributed by atoms with Gasteiger partial charge < -0.3 is 4.98 Å². The Hall–Kier alpha value is -2.48. The molecule has 1 aliphatic heterocycles. The smallest absolute Gasteiger partial charge is 0.316 e. The largest absolute Gasteiger partial charge is 0.317 e. The molecule has 2 aromatic rings. The van der Waals surface area contributed by atoms with Crippen LogP contribution >= 0.6 is 0 Å². The maximum Gasteiger partial charge on any atom is 0.317 e. The maximum atomic E-state index is 12.2. The molecular formula is C14H16N4O4. The number of likely N-dealkylation sites (tertiary alicyclic amines) is 1. The third kappa shape index (κ3) is 2.41. The van der Waals surface area contributed by atoms with E-state index in [0.717, 1.165) is 25.9 Å². The van der Waals surface area contributed by atoms with E-state index < -0.39 is 16.0 Å². The van der Waals surface area contributed by atoms with Gasteiger partial charge >= 0.3 is 11.1 Å². The van der Waals surface area contributed by atoms with E-state index in [1.54, 1.807) is 13.0 Å². The molecule has 22 heavy (non-hydrogen) atoms. The molecule has 1 aromatic heterocycles. The Morgan fingerprint density at radius 1 is 1.27 bits per heavy atom. The number of H-pyrrole nitrogens is 1. The summed E-state index contributed by atoms with van der Waals surface area (Å²) in [4.78, 5) is 39.0. The highest BCUT2D eigenvalue weighted by molar-refractivity contribution is 5.79. The molecule has 8 heteroatoms. The van der Waals surface area contributed by atoms with E-state index in [-0.39, 0.29) is 5.69 Å². The fraction of sp³-hybridized carbons (Fsp3) is 0.429. The number of benzene rings is 1. The number of nitrogens with zero attached hydrogens (tertiary/aromatic N) is 3. The molecule has 0 saturated carbocycles. The van der Waals surface area contributed by atoms with Gasteiger partial charge in [0.2, 0.25) is 0 Å². The van der Waals surface area contributed by atoms with Crippen LogP contribution in [0.4, 0.5) is 5.69 Å². The van der Waals surface area contributed by atoms with E-state index in [2.05, 4.69) is 9.88 Å². The lowest BCUT2D eigenvalue weighted by Crippen LogP contribution is -2.40. The minimum absolute atomic E-state index is 0.0745. The van der Waals surface area contributed by atoms with Gasteiger partial charge in [-0.05, 0) is 38.9 Å². The Morgan fingerprint density at radius 3 is 2.59 bits per heavy atom. The molecule has 0 amide bonds. The average Bonchev–Trinajstić information content (AvgIpc) is 2.97. The highest BCUT2D eigenvalue weighted by Crippen LogP contribution is 2.23. The van der Waals surface area contributed by atoms with E-state index in [4.69, 9.17) is 0 Å². The summed E-state index contributed by atoms with van der Waals surface area (Å²) in [7, 11) is 0. The van der Waals surface area contributed by atoms with Crippen LogP contribution in [-0.4, -0.2) is 32.5 Å². The van der Waals surface area contributed by atoms with Crippen LogP contribution in [0.15, 0.2) is 21.7 Å². The van der Waals surface area contributed by atoms with Crippen LogP contribution in [0.3, 0.4) is 0 Å². The minimum atomic E-state index is -0.759. The van der Waals surface area contributed by atoms with Crippen LogP contribution in [-0.2, 0) is 6.67 Å². The molecule has 1 fully saturated rings. The van der Waals surface area contributed by atoms with Crippen molar-refractivity contribution in [3.63, 3.8) is 0 Å². The fourth-order valence-corrected chi connectivity index (χ4v) is 2.87. The number of aryl methyl sites for hydroxylation is 1. The number of hydrogen-bond acceptors (Lipinski definition) is 5. The topological polar surface area (TPSA) is 101 Å². The zero-order chi connectivity index (χ0) is 15.9. The second kappa shape index (κ2) is 5.38. The molecule has 116 valence electrons. The first kappa shape index (κ1) is 14.5. The fourth-order valence-electron chi connectivity index (χ4n) is 2.87. The van der Waals surface area contributed by atoms with Crippen LogP contribution in [0.2, 0.25) is 0 Å². The molecule has 1 aromatic carbocycles. The molecule has 0 unspecified atom stereocenters. The van der Waals surface area contributed by atoms with Crippen molar-refractivity contribution < 1.29 is 4.92 Å². The van der Waals surface area contributed by atoms with Crippen molar-refractivity contribution in [2.45, 2.75) is 26.4 Å². The van der Waals surface area contributed by atoms with Crippen molar-refractivity contribution in [1.29, 1.82) is 0 Å². The van der Waals surface area contributed by atoms with Gasteiger partial charge in [0.1, 0.15) is 0 Å². The zero-order valence-corrected chi connectivity index (χ0v) is 12.2. The average molecular weight is 304 g/mol. The van der Waals surface area contributed by atoms with Crippen molar-refractivity contribution in [3.8, 4) is 0 Å². The first-order valence-electron chi connectivity index (χ1n) is 7.11. The Morgan fingerprint density at radius 2 is 1.95 bits per heavy atom. The summed E-state index contributed by atoms with van der Waals surface area (Å²) in [6.07, 6.45) is 2.14. The van der Waals surface area contributed by atoms with Gasteiger partial charge in [-0.3, -0.25) is 29.2 Å². The van der Waals surface area contributed by atoms with E-state index >= 15 is 0 Å². The summed E-state index contributed by atoms with van der Waals surface area (Å²) in [5.41, 5.74) is -0.188. The van der Waals surface area contributed by atoms with Gasteiger partial charge in [-0.1, -0.05) is 0 Å². The number of fused-ring (bicyclic) bond motifs is 1. The SMILES string of the molecule is Cc1cc2c(cc1[N+](=O)[O-])[nH]c(=O)c(=O)n2CN1CCCC1. The van der Waals surface area contributed by atoms with Crippen molar-refractivity contribution in [3.05, 3.63) is 48.5 Å². The van der Waals surface area contributed by atoms with E-state index in [9.17, 15) is 19.7 Å². The monoisotopic (exact) mass is 304 g/mol. The molecule has 0 spiro atoms. The van der Waals surface area contributed by atoms with Crippen LogP contribution in [0.25, 0.3) is 11.0 Å². The number of hydrogen-bond donors (Lipinski definition) is 1. The first-order valence-corrected chi connectivity index (χ1v) is 7.11. The molecule has 1 N–H and O–H groups in total. The van der Waals surface area contributed by atoms with Crippen LogP contribution < -0.4 is 11.1 Å². The Bertz CT molecular complexity index is 861. The van der Waals surface area contributed by atoms with Crippen LogP contribution in [0.1, 0.15) is 18.4 Å². The quantitative estimate of drug-likeness (QED) is 0.517. The highest BCUT2D eigenvalue weighted by atomic mass is 16.6. The number of aromatic amines is 1. The normalized spacial score (nSPS) is 15.5. The number of rotatable bonds is 3. The zero-order valence-electron chi connectivity index (χ0n) is 12.2. The summed E-state index contributed by atoms with van der Waals surface area (Å²) >= 11 is 0. The molecule has 0 atom stereocenters. The molecular weight excluding hydrogens is 288 g/mol. The number of nitro benzene ring substituents is 1. The highest BCUT2D eigenvalue weighted by Gasteiger charge is 2.18. The van der Waals surface area contributed by atoms with Gasteiger partial charge in [-0.25, -0.2) is 0 Å². The molecule has 8 nitrogen and oxygen atoms in total. The van der Waals surface area contributed by atoms with Crippen molar-refractivity contribution in [2.75, 3.05) is 13.1 Å². The van der Waals surface area contributed by atoms with Crippen LogP contribution in [0, 0.1) is 17.0 Å². The maximum absolute atomic E-state index is 12.2. The lowest BCUT2D eigenvalue weighted by molar-refractivity contribution is -0.385. The van der Waals surface area contributed by atoms with Gasteiger partial charge in [-0.15, -0.1) is 0 Å². The summed E-state index contributed by atoms with van der Waals surface area (Å²) < 4.78 is 1.40. The standard InChI is InChI=1S/C14H16N4O4/c1-9-6-12-10(7-11(9)18(21)22)15-13(19)14(20)17(12)8-16-4-2-3-5-16/h6-7H,2-5,8H2,1H3,(H,15,19). The summed E-state index contributed by atoms with van der Waals surface area (Å²) in [6.45, 7) is 3.71. The molecule has 2 heterocycles. The first-order chi connectivity index (χ1) is 10.5. The van der Waals surface area contributed by atoms with E-state index in [0.29, 0.717) is 23.3 Å².